The van der Waals surface area contributed by atoms with Crippen molar-refractivity contribution in [1.29, 1.82) is 0 Å². The third-order valence-corrected chi connectivity index (χ3v) is 3.85. The number of halogens is 1. The van der Waals surface area contributed by atoms with Crippen LogP contribution in [0.5, 0.6) is 0 Å². The summed E-state index contributed by atoms with van der Waals surface area (Å²) in [6.45, 7) is 2.18. The van der Waals surface area contributed by atoms with Gasteiger partial charge in [-0.15, -0.1) is 12.4 Å². The molecule has 3 nitrogen and oxygen atoms in total. The Balaban J connectivity index is 0.000000963. The molecule has 2 heterocycles. The van der Waals surface area contributed by atoms with E-state index in [1.165, 1.54) is 16.5 Å². The zero-order valence-corrected chi connectivity index (χ0v) is 10.4. The van der Waals surface area contributed by atoms with E-state index in [0.29, 0.717) is 6.04 Å². The molecule has 1 aromatic rings. The maximum atomic E-state index is 5.67. The number of hydrogen-bond donors (Lipinski definition) is 1. The fraction of sp³-hybridized carbons (Fsp3) is 0.364. The van der Waals surface area contributed by atoms with Crippen molar-refractivity contribution in [2.24, 2.45) is 4.99 Å². The zero-order valence-electron chi connectivity index (χ0n) is 8.80. The van der Waals surface area contributed by atoms with E-state index in [1.54, 1.807) is 0 Å². The Morgan fingerprint density at radius 2 is 2.06 bits per heavy atom. The quantitative estimate of drug-likeness (QED) is 0.782. The van der Waals surface area contributed by atoms with Crippen LogP contribution in [0.2, 0.25) is 0 Å². The number of thioether (sulfide) groups is 1. The van der Waals surface area contributed by atoms with Gasteiger partial charge in [-0.1, -0.05) is 23.9 Å². The number of anilines is 1. The average Bonchev–Trinajstić information content (AvgIpc) is 2.78. The van der Waals surface area contributed by atoms with E-state index in [0.717, 1.165) is 18.8 Å². The third-order valence-electron chi connectivity index (χ3n) is 2.84. The summed E-state index contributed by atoms with van der Waals surface area (Å²) in [5, 5.41) is 1.22. The number of amidine groups is 1. The highest BCUT2D eigenvalue weighted by molar-refractivity contribution is 8.14. The van der Waals surface area contributed by atoms with E-state index in [2.05, 4.69) is 17.0 Å². The molecule has 0 aromatic heterocycles. The van der Waals surface area contributed by atoms with Crippen LogP contribution in [0.25, 0.3) is 0 Å². The van der Waals surface area contributed by atoms with E-state index in [4.69, 9.17) is 10.7 Å². The minimum Gasteiger partial charge on any atom is -0.399 e. The summed E-state index contributed by atoms with van der Waals surface area (Å²) in [7, 11) is 0. The van der Waals surface area contributed by atoms with Crippen molar-refractivity contribution >= 4 is 35.0 Å². The number of rotatable bonds is 1. The summed E-state index contributed by atoms with van der Waals surface area (Å²) in [5.74, 6) is 1.19. The molecule has 2 aliphatic rings. The molecule has 1 unspecified atom stereocenters. The number of aliphatic imine (C=N–C) groups is 1. The van der Waals surface area contributed by atoms with Crippen LogP contribution in [0.4, 0.5) is 5.69 Å². The third kappa shape index (κ3) is 1.99. The standard InChI is InChI=1S/C11H13N3S.ClH/c12-9-3-1-8(2-4-9)10-7-14-5-6-15-11(14)13-10;/h1-4,10H,5-7,12H2;1H. The summed E-state index contributed by atoms with van der Waals surface area (Å²) < 4.78 is 0. The van der Waals surface area contributed by atoms with Crippen LogP contribution >= 0.6 is 24.2 Å². The fourth-order valence-corrected chi connectivity index (χ4v) is 3.05. The van der Waals surface area contributed by atoms with Crippen molar-refractivity contribution in [2.45, 2.75) is 6.04 Å². The van der Waals surface area contributed by atoms with Gasteiger partial charge in [0.25, 0.3) is 0 Å². The molecule has 0 amide bonds. The van der Waals surface area contributed by atoms with Crippen LogP contribution in [0.1, 0.15) is 11.6 Å². The second-order valence-electron chi connectivity index (χ2n) is 3.89. The van der Waals surface area contributed by atoms with Gasteiger partial charge in [0.1, 0.15) is 0 Å². The monoisotopic (exact) mass is 255 g/mol. The summed E-state index contributed by atoms with van der Waals surface area (Å²) in [5.41, 5.74) is 7.76. The molecule has 16 heavy (non-hydrogen) atoms. The van der Waals surface area contributed by atoms with Crippen molar-refractivity contribution in [2.75, 3.05) is 24.6 Å². The lowest BCUT2D eigenvalue weighted by Crippen LogP contribution is -2.21. The van der Waals surface area contributed by atoms with Crippen molar-refractivity contribution in [3.05, 3.63) is 29.8 Å². The molecule has 1 atom stereocenters. The molecule has 3 rings (SSSR count). The lowest BCUT2D eigenvalue weighted by molar-refractivity contribution is 0.464. The van der Waals surface area contributed by atoms with Crippen molar-refractivity contribution in [1.82, 2.24) is 4.90 Å². The molecule has 86 valence electrons. The largest absolute Gasteiger partial charge is 0.399 e. The number of nitrogens with two attached hydrogens (primary N) is 1. The highest BCUT2D eigenvalue weighted by atomic mass is 35.5. The molecule has 2 N–H and O–H groups in total. The van der Waals surface area contributed by atoms with Gasteiger partial charge < -0.3 is 10.6 Å². The van der Waals surface area contributed by atoms with Gasteiger partial charge in [-0.2, -0.15) is 0 Å². The lowest BCUT2D eigenvalue weighted by atomic mass is 10.1. The average molecular weight is 256 g/mol. The Labute approximate surface area is 106 Å². The Kier molecular flexibility index (Phi) is 3.30. The summed E-state index contributed by atoms with van der Waals surface area (Å²) in [6.07, 6.45) is 0. The van der Waals surface area contributed by atoms with Gasteiger partial charge in [-0.25, -0.2) is 0 Å². The minimum atomic E-state index is 0. The second kappa shape index (κ2) is 4.55. The van der Waals surface area contributed by atoms with E-state index in [1.807, 2.05) is 23.9 Å². The van der Waals surface area contributed by atoms with E-state index in [9.17, 15) is 0 Å². The topological polar surface area (TPSA) is 41.6 Å². The van der Waals surface area contributed by atoms with Crippen molar-refractivity contribution < 1.29 is 0 Å². The molecule has 0 saturated carbocycles. The van der Waals surface area contributed by atoms with Gasteiger partial charge in [0, 0.05) is 24.5 Å². The second-order valence-corrected chi connectivity index (χ2v) is 4.95. The predicted octanol–water partition coefficient (Wildman–Crippen LogP) is 2.15. The maximum Gasteiger partial charge on any atom is 0.160 e. The molecular weight excluding hydrogens is 242 g/mol. The SMILES string of the molecule is Cl.Nc1ccc(C2CN3CCSC3=N2)cc1. The van der Waals surface area contributed by atoms with E-state index in [-0.39, 0.29) is 12.4 Å². The Morgan fingerprint density at radius 1 is 1.31 bits per heavy atom. The lowest BCUT2D eigenvalue weighted by Gasteiger charge is -2.12. The van der Waals surface area contributed by atoms with Gasteiger partial charge in [0.15, 0.2) is 5.17 Å². The molecule has 0 aliphatic carbocycles. The predicted molar refractivity (Wildman–Crippen MR) is 72.3 cm³/mol. The van der Waals surface area contributed by atoms with Crippen LogP contribution in [-0.2, 0) is 0 Å². The fourth-order valence-electron chi connectivity index (χ4n) is 2.00. The van der Waals surface area contributed by atoms with Crippen LogP contribution in [0, 0.1) is 0 Å². The first-order valence-electron chi connectivity index (χ1n) is 5.14. The van der Waals surface area contributed by atoms with Gasteiger partial charge in [0.2, 0.25) is 0 Å². The molecule has 0 spiro atoms. The number of nitrogens with zero attached hydrogens (tertiary/aromatic N) is 2. The molecule has 1 saturated heterocycles. The van der Waals surface area contributed by atoms with Crippen LogP contribution in [0.15, 0.2) is 29.3 Å². The Morgan fingerprint density at radius 3 is 2.75 bits per heavy atom. The number of fused-ring (bicyclic) bond motifs is 1. The smallest absolute Gasteiger partial charge is 0.160 e. The number of nitrogen functional groups attached to an aromatic ring is 1. The van der Waals surface area contributed by atoms with Crippen LogP contribution in [-0.4, -0.2) is 28.9 Å². The van der Waals surface area contributed by atoms with Crippen molar-refractivity contribution in [3.63, 3.8) is 0 Å². The van der Waals surface area contributed by atoms with Gasteiger partial charge in [-0.05, 0) is 17.7 Å². The summed E-state index contributed by atoms with van der Waals surface area (Å²) in [4.78, 5) is 7.08. The number of hydrogen-bond acceptors (Lipinski definition) is 4. The first-order valence-corrected chi connectivity index (χ1v) is 6.12. The van der Waals surface area contributed by atoms with Crippen LogP contribution < -0.4 is 5.73 Å². The van der Waals surface area contributed by atoms with E-state index >= 15 is 0 Å². The molecule has 0 bridgehead atoms. The van der Waals surface area contributed by atoms with Crippen LogP contribution in [0.3, 0.4) is 0 Å². The molecular formula is C11H14ClN3S. The minimum absolute atomic E-state index is 0. The van der Waals surface area contributed by atoms with Gasteiger partial charge in [0.05, 0.1) is 6.04 Å². The maximum absolute atomic E-state index is 5.67. The van der Waals surface area contributed by atoms with Gasteiger partial charge in [-0.3, -0.25) is 4.99 Å². The highest BCUT2D eigenvalue weighted by Gasteiger charge is 2.29. The summed E-state index contributed by atoms with van der Waals surface area (Å²) in [6, 6.07) is 8.37. The zero-order chi connectivity index (χ0) is 10.3. The molecule has 2 aliphatic heterocycles. The van der Waals surface area contributed by atoms with Gasteiger partial charge >= 0.3 is 0 Å². The molecule has 0 radical (unpaired) electrons. The Hall–Kier alpha value is -0.870. The number of benzene rings is 1. The van der Waals surface area contributed by atoms with Crippen molar-refractivity contribution in [3.8, 4) is 0 Å². The summed E-state index contributed by atoms with van der Waals surface area (Å²) >= 11 is 1.87. The highest BCUT2D eigenvalue weighted by Crippen LogP contribution is 2.32. The van der Waals surface area contributed by atoms with E-state index < -0.39 is 0 Å². The Bertz CT molecular complexity index is 404. The molecule has 5 heteroatoms. The molecule has 1 fully saturated rings. The normalized spacial score (nSPS) is 22.6. The first-order chi connectivity index (χ1) is 7.33. The first kappa shape index (κ1) is 11.6. The molecule has 1 aromatic carbocycles.